The second-order valence-electron chi connectivity index (χ2n) is 5.58. The summed E-state index contributed by atoms with van der Waals surface area (Å²) in [6, 6.07) is 5.69. The smallest absolute Gasteiger partial charge is 0.241 e. The van der Waals surface area contributed by atoms with Crippen LogP contribution in [0.25, 0.3) is 11.6 Å². The van der Waals surface area contributed by atoms with Gasteiger partial charge >= 0.3 is 0 Å². The van der Waals surface area contributed by atoms with Crippen molar-refractivity contribution >= 4 is 0 Å². The van der Waals surface area contributed by atoms with Crippen LogP contribution in [0.2, 0.25) is 0 Å². The van der Waals surface area contributed by atoms with E-state index in [2.05, 4.69) is 31.3 Å². The third kappa shape index (κ3) is 2.67. The molecule has 22 heavy (non-hydrogen) atoms. The maximum absolute atomic E-state index is 5.33. The van der Waals surface area contributed by atoms with Gasteiger partial charge in [-0.15, -0.1) is 0 Å². The van der Waals surface area contributed by atoms with Crippen molar-refractivity contribution in [1.29, 1.82) is 0 Å². The number of hydrogen-bond donors (Lipinski definition) is 1. The molecule has 1 saturated heterocycles. The molecule has 3 aromatic heterocycles. The summed E-state index contributed by atoms with van der Waals surface area (Å²) in [6.45, 7) is 2.68. The van der Waals surface area contributed by atoms with E-state index in [0.717, 1.165) is 19.5 Å². The molecule has 1 aliphatic rings. The lowest BCUT2D eigenvalue weighted by atomic mass is 9.95. The molecule has 0 bridgehead atoms. The zero-order valence-electron chi connectivity index (χ0n) is 12.1. The third-order valence-electron chi connectivity index (χ3n) is 4.04. The number of piperidine rings is 1. The summed E-state index contributed by atoms with van der Waals surface area (Å²) in [5.41, 5.74) is 1.20. The fourth-order valence-electron chi connectivity index (χ4n) is 2.96. The first kappa shape index (κ1) is 13.3. The number of H-pyrrole nitrogens is 1. The summed E-state index contributed by atoms with van der Waals surface area (Å²) in [7, 11) is 0. The standard InChI is InChI=1S/C15H17N5O2/c1-3-11(12-5-6-16-18-12)9-20(7-1)10-14-17-15(19-22-14)13-4-2-8-21-13/h2,4-6,8,11H,1,3,7,9-10H2,(H,16,18)/t11-/m1/s1. The number of aromatic nitrogens is 4. The van der Waals surface area contributed by atoms with E-state index in [4.69, 9.17) is 8.94 Å². The quantitative estimate of drug-likeness (QED) is 0.796. The Bertz CT molecular complexity index is 704. The van der Waals surface area contributed by atoms with E-state index in [0.29, 0.717) is 29.9 Å². The van der Waals surface area contributed by atoms with Crippen LogP contribution in [0.4, 0.5) is 0 Å². The number of hydrogen-bond acceptors (Lipinski definition) is 6. The molecule has 1 aliphatic heterocycles. The number of nitrogens with zero attached hydrogens (tertiary/aromatic N) is 4. The molecule has 0 amide bonds. The van der Waals surface area contributed by atoms with Gasteiger partial charge in [-0.2, -0.15) is 10.1 Å². The summed E-state index contributed by atoms with van der Waals surface area (Å²) < 4.78 is 10.6. The van der Waals surface area contributed by atoms with E-state index in [9.17, 15) is 0 Å². The van der Waals surface area contributed by atoms with Gasteiger partial charge in [-0.25, -0.2) is 0 Å². The second-order valence-corrected chi connectivity index (χ2v) is 5.58. The maximum atomic E-state index is 5.33. The van der Waals surface area contributed by atoms with Crippen LogP contribution >= 0.6 is 0 Å². The Kier molecular flexibility index (Phi) is 3.48. The van der Waals surface area contributed by atoms with Crippen LogP contribution in [0, 0.1) is 0 Å². The van der Waals surface area contributed by atoms with Crippen molar-refractivity contribution in [3.05, 3.63) is 42.2 Å². The largest absolute Gasteiger partial charge is 0.461 e. The summed E-state index contributed by atoms with van der Waals surface area (Å²) >= 11 is 0. The van der Waals surface area contributed by atoms with Crippen molar-refractivity contribution in [2.45, 2.75) is 25.3 Å². The summed E-state index contributed by atoms with van der Waals surface area (Å²) in [5.74, 6) is 2.24. The molecular formula is C15H17N5O2. The number of likely N-dealkylation sites (tertiary alicyclic amines) is 1. The molecule has 7 nitrogen and oxygen atoms in total. The Balaban J connectivity index is 1.43. The van der Waals surface area contributed by atoms with Crippen LogP contribution < -0.4 is 0 Å². The summed E-state index contributed by atoms with van der Waals surface area (Å²) in [6.07, 6.45) is 5.75. The van der Waals surface area contributed by atoms with E-state index in [1.54, 1.807) is 6.26 Å². The minimum atomic E-state index is 0.490. The molecule has 0 saturated carbocycles. The Morgan fingerprint density at radius 1 is 1.36 bits per heavy atom. The number of nitrogens with one attached hydrogen (secondary N) is 1. The second kappa shape index (κ2) is 5.76. The van der Waals surface area contributed by atoms with Crippen LogP contribution in [-0.2, 0) is 6.54 Å². The average molecular weight is 299 g/mol. The highest BCUT2D eigenvalue weighted by atomic mass is 16.5. The Morgan fingerprint density at radius 2 is 2.36 bits per heavy atom. The zero-order chi connectivity index (χ0) is 14.8. The molecule has 0 radical (unpaired) electrons. The number of furan rings is 1. The van der Waals surface area contributed by atoms with Crippen LogP contribution in [0.3, 0.4) is 0 Å². The van der Waals surface area contributed by atoms with Gasteiger partial charge in [0, 0.05) is 24.4 Å². The lowest BCUT2D eigenvalue weighted by Crippen LogP contribution is -2.34. The van der Waals surface area contributed by atoms with Crippen LogP contribution in [-0.4, -0.2) is 38.3 Å². The average Bonchev–Trinajstić information content (AvgIpc) is 3.29. The molecule has 0 spiro atoms. The molecule has 1 fully saturated rings. The van der Waals surface area contributed by atoms with Gasteiger partial charge in [-0.05, 0) is 37.6 Å². The lowest BCUT2D eigenvalue weighted by molar-refractivity contribution is 0.175. The van der Waals surface area contributed by atoms with E-state index in [-0.39, 0.29) is 0 Å². The minimum absolute atomic E-state index is 0.490. The maximum Gasteiger partial charge on any atom is 0.241 e. The SMILES string of the molecule is c1coc(-c2noc(CN3CCC[C@@H](c4ccn[nH]4)C3)n2)c1. The summed E-state index contributed by atoms with van der Waals surface area (Å²) in [5, 5.41) is 11.1. The minimum Gasteiger partial charge on any atom is -0.461 e. The van der Waals surface area contributed by atoms with Crippen molar-refractivity contribution < 1.29 is 8.94 Å². The normalized spacial score (nSPS) is 19.5. The third-order valence-corrected chi connectivity index (χ3v) is 4.04. The Hall–Kier alpha value is -2.41. The molecule has 0 aromatic carbocycles. The molecule has 114 valence electrons. The van der Waals surface area contributed by atoms with E-state index < -0.39 is 0 Å². The van der Waals surface area contributed by atoms with Gasteiger partial charge in [0.25, 0.3) is 0 Å². The van der Waals surface area contributed by atoms with Gasteiger partial charge in [0.05, 0.1) is 12.8 Å². The van der Waals surface area contributed by atoms with Gasteiger partial charge < -0.3 is 8.94 Å². The van der Waals surface area contributed by atoms with Crippen LogP contribution in [0.15, 0.2) is 39.6 Å². The summed E-state index contributed by atoms with van der Waals surface area (Å²) in [4.78, 5) is 6.74. The van der Waals surface area contributed by atoms with Gasteiger partial charge in [0.1, 0.15) is 0 Å². The van der Waals surface area contributed by atoms with Crippen LogP contribution in [0.1, 0.15) is 30.3 Å². The monoisotopic (exact) mass is 299 g/mol. The highest BCUT2D eigenvalue weighted by Gasteiger charge is 2.24. The highest BCUT2D eigenvalue weighted by Crippen LogP contribution is 2.26. The van der Waals surface area contributed by atoms with Crippen molar-refractivity contribution in [2.24, 2.45) is 0 Å². The van der Waals surface area contributed by atoms with Crippen molar-refractivity contribution in [2.75, 3.05) is 13.1 Å². The van der Waals surface area contributed by atoms with Gasteiger partial charge in [0.2, 0.25) is 11.7 Å². The highest BCUT2D eigenvalue weighted by molar-refractivity contribution is 5.44. The van der Waals surface area contributed by atoms with E-state index in [1.807, 2.05) is 18.3 Å². The van der Waals surface area contributed by atoms with Crippen molar-refractivity contribution in [1.82, 2.24) is 25.2 Å². The number of rotatable bonds is 4. The first-order valence-electron chi connectivity index (χ1n) is 7.46. The molecule has 4 heterocycles. The van der Waals surface area contributed by atoms with E-state index in [1.165, 1.54) is 12.1 Å². The molecule has 7 heteroatoms. The molecule has 1 atom stereocenters. The van der Waals surface area contributed by atoms with Crippen molar-refractivity contribution in [3.8, 4) is 11.6 Å². The molecule has 4 rings (SSSR count). The first-order valence-corrected chi connectivity index (χ1v) is 7.46. The topological polar surface area (TPSA) is 84.0 Å². The fourth-order valence-corrected chi connectivity index (χ4v) is 2.96. The molecular weight excluding hydrogens is 282 g/mol. The molecule has 0 unspecified atom stereocenters. The van der Waals surface area contributed by atoms with Crippen LogP contribution in [0.5, 0.6) is 0 Å². The zero-order valence-corrected chi connectivity index (χ0v) is 12.1. The van der Waals surface area contributed by atoms with Gasteiger partial charge in [0.15, 0.2) is 5.76 Å². The predicted molar refractivity (Wildman–Crippen MR) is 77.8 cm³/mol. The lowest BCUT2D eigenvalue weighted by Gasteiger charge is -2.30. The Morgan fingerprint density at radius 3 is 3.18 bits per heavy atom. The number of aromatic amines is 1. The molecule has 0 aliphatic carbocycles. The van der Waals surface area contributed by atoms with Gasteiger partial charge in [-0.3, -0.25) is 10.00 Å². The fraction of sp³-hybridized carbons (Fsp3) is 0.400. The molecule has 1 N–H and O–H groups in total. The first-order chi connectivity index (χ1) is 10.9. The predicted octanol–water partition coefficient (Wildman–Crippen LogP) is 2.43. The van der Waals surface area contributed by atoms with Crippen molar-refractivity contribution in [3.63, 3.8) is 0 Å². The van der Waals surface area contributed by atoms with Gasteiger partial charge in [-0.1, -0.05) is 5.16 Å². The molecule has 3 aromatic rings. The Labute approximate surface area is 127 Å². The van der Waals surface area contributed by atoms with E-state index >= 15 is 0 Å².